The van der Waals surface area contributed by atoms with E-state index in [0.717, 1.165) is 24.2 Å². The summed E-state index contributed by atoms with van der Waals surface area (Å²) in [4.78, 5) is 0. The Morgan fingerprint density at radius 3 is 2.21 bits per heavy atom. The van der Waals surface area contributed by atoms with E-state index in [1.165, 1.54) is 11.1 Å². The summed E-state index contributed by atoms with van der Waals surface area (Å²) in [5, 5.41) is 10.7. The highest BCUT2D eigenvalue weighted by Gasteiger charge is 2.37. The van der Waals surface area contributed by atoms with E-state index in [4.69, 9.17) is 13.9 Å². The molecule has 0 aliphatic rings. The van der Waals surface area contributed by atoms with Crippen LogP contribution in [0.2, 0.25) is 18.1 Å². The third-order valence-corrected chi connectivity index (χ3v) is 11.3. The van der Waals surface area contributed by atoms with Crippen molar-refractivity contribution in [2.24, 2.45) is 5.92 Å². The summed E-state index contributed by atoms with van der Waals surface area (Å²) in [6.45, 7) is 16.7. The van der Waals surface area contributed by atoms with Crippen LogP contribution in [0.5, 0.6) is 5.75 Å². The Balaban J connectivity index is 1.96. The molecule has 0 heterocycles. The van der Waals surface area contributed by atoms with Crippen LogP contribution < -0.4 is 4.74 Å². The van der Waals surface area contributed by atoms with Gasteiger partial charge in [0, 0.05) is 5.92 Å². The van der Waals surface area contributed by atoms with Gasteiger partial charge >= 0.3 is 0 Å². The molecule has 2 atom stereocenters. The van der Waals surface area contributed by atoms with E-state index < -0.39 is 14.4 Å². The van der Waals surface area contributed by atoms with Crippen molar-refractivity contribution in [2.45, 2.75) is 71.1 Å². The summed E-state index contributed by atoms with van der Waals surface area (Å²) < 4.78 is 17.6. The summed E-state index contributed by atoms with van der Waals surface area (Å²) in [6, 6.07) is 16.3. The molecule has 0 aliphatic heterocycles. The molecule has 2 unspecified atom stereocenters. The van der Waals surface area contributed by atoms with Gasteiger partial charge in [0.2, 0.25) is 0 Å². The summed E-state index contributed by atoms with van der Waals surface area (Å²) in [7, 11) is -0.159. The van der Waals surface area contributed by atoms with Gasteiger partial charge in [-0.1, -0.05) is 63.2 Å². The van der Waals surface area contributed by atoms with Crippen molar-refractivity contribution in [3.05, 3.63) is 77.9 Å². The molecule has 0 fully saturated rings. The maximum absolute atomic E-state index is 10.5. The minimum absolute atomic E-state index is 0.0184. The number of aliphatic hydroxyl groups is 1. The molecular formula is C28H42O4Si. The largest absolute Gasteiger partial charge is 0.497 e. The Morgan fingerprint density at radius 1 is 1.00 bits per heavy atom. The molecule has 0 aromatic heterocycles. The van der Waals surface area contributed by atoms with Crippen molar-refractivity contribution in [3.8, 4) is 5.75 Å². The van der Waals surface area contributed by atoms with Gasteiger partial charge in [-0.3, -0.25) is 0 Å². The number of methoxy groups -OCH3 is 1. The Kier molecular flexibility index (Phi) is 10.4. The normalized spacial score (nSPS) is 14.0. The summed E-state index contributed by atoms with van der Waals surface area (Å²) in [5.41, 5.74) is 3.58. The van der Waals surface area contributed by atoms with Crippen LogP contribution in [0.15, 0.2) is 61.2 Å². The SMILES string of the molecule is C=CC(O)C(CCc1ccccc1CO[Si](C)(C)C(C)(C)C)COCc1ccc(OC)cc1. The van der Waals surface area contributed by atoms with E-state index in [2.05, 4.69) is 64.7 Å². The van der Waals surface area contributed by atoms with Gasteiger partial charge in [-0.05, 0) is 59.8 Å². The Labute approximate surface area is 201 Å². The second-order valence-electron chi connectivity index (χ2n) is 10.2. The maximum atomic E-state index is 10.5. The lowest BCUT2D eigenvalue weighted by Gasteiger charge is -2.36. The van der Waals surface area contributed by atoms with E-state index in [9.17, 15) is 5.11 Å². The van der Waals surface area contributed by atoms with E-state index in [0.29, 0.717) is 19.8 Å². The minimum atomic E-state index is -1.82. The number of ether oxygens (including phenoxy) is 2. The molecule has 5 heteroatoms. The summed E-state index contributed by atoms with van der Waals surface area (Å²) >= 11 is 0. The Hall–Kier alpha value is -1.92. The topological polar surface area (TPSA) is 47.9 Å². The monoisotopic (exact) mass is 470 g/mol. The third kappa shape index (κ3) is 8.42. The van der Waals surface area contributed by atoms with E-state index in [1.807, 2.05) is 24.3 Å². The lowest BCUT2D eigenvalue weighted by molar-refractivity contribution is 0.0362. The third-order valence-electron chi connectivity index (χ3n) is 6.78. The number of aryl methyl sites for hydroxylation is 1. The van der Waals surface area contributed by atoms with Gasteiger partial charge in [0.05, 0.1) is 33.0 Å². The van der Waals surface area contributed by atoms with Gasteiger partial charge in [0.25, 0.3) is 0 Å². The van der Waals surface area contributed by atoms with Crippen molar-refractivity contribution in [3.63, 3.8) is 0 Å². The van der Waals surface area contributed by atoms with Crippen molar-refractivity contribution in [2.75, 3.05) is 13.7 Å². The van der Waals surface area contributed by atoms with Crippen LogP contribution in [0.4, 0.5) is 0 Å². The molecule has 0 saturated heterocycles. The van der Waals surface area contributed by atoms with Crippen molar-refractivity contribution in [1.82, 2.24) is 0 Å². The van der Waals surface area contributed by atoms with Crippen molar-refractivity contribution < 1.29 is 19.0 Å². The van der Waals surface area contributed by atoms with Crippen LogP contribution >= 0.6 is 0 Å². The van der Waals surface area contributed by atoms with E-state index in [1.54, 1.807) is 13.2 Å². The number of hydrogen-bond donors (Lipinski definition) is 1. The molecule has 0 aliphatic carbocycles. The highest BCUT2D eigenvalue weighted by molar-refractivity contribution is 6.74. The second-order valence-corrected chi connectivity index (χ2v) is 15.0. The molecule has 4 nitrogen and oxygen atoms in total. The first-order chi connectivity index (χ1) is 15.6. The van der Waals surface area contributed by atoms with Crippen molar-refractivity contribution in [1.29, 1.82) is 0 Å². The van der Waals surface area contributed by atoms with Crippen LogP contribution in [0, 0.1) is 5.92 Å². The first kappa shape index (κ1) is 27.3. The van der Waals surface area contributed by atoms with Crippen LogP contribution in [0.25, 0.3) is 0 Å². The number of benzene rings is 2. The molecule has 0 saturated carbocycles. The molecule has 0 spiro atoms. The van der Waals surface area contributed by atoms with Gasteiger partial charge in [0.1, 0.15) is 5.75 Å². The summed E-state index contributed by atoms with van der Waals surface area (Å²) in [5.74, 6) is 0.810. The smallest absolute Gasteiger partial charge is 0.192 e. The fraction of sp³-hybridized carbons (Fsp3) is 0.500. The molecule has 0 amide bonds. The van der Waals surface area contributed by atoms with Gasteiger partial charge in [0.15, 0.2) is 8.32 Å². The highest BCUT2D eigenvalue weighted by Crippen LogP contribution is 2.37. The fourth-order valence-corrected chi connectivity index (χ4v) is 4.30. The van der Waals surface area contributed by atoms with E-state index >= 15 is 0 Å². The molecule has 33 heavy (non-hydrogen) atoms. The molecule has 2 rings (SSSR count). The van der Waals surface area contributed by atoms with Crippen LogP contribution in [0.1, 0.15) is 43.9 Å². The predicted octanol–water partition coefficient (Wildman–Crippen LogP) is 6.53. The lowest BCUT2D eigenvalue weighted by atomic mass is 9.93. The Bertz CT molecular complexity index is 855. The molecule has 1 N–H and O–H groups in total. The lowest BCUT2D eigenvalue weighted by Crippen LogP contribution is -2.40. The number of aliphatic hydroxyl groups excluding tert-OH is 1. The van der Waals surface area contributed by atoms with Gasteiger partial charge in [-0.2, -0.15) is 0 Å². The van der Waals surface area contributed by atoms with Crippen molar-refractivity contribution >= 4 is 8.32 Å². The molecule has 2 aromatic carbocycles. The highest BCUT2D eigenvalue weighted by atomic mass is 28.4. The fourth-order valence-electron chi connectivity index (χ4n) is 3.35. The molecule has 0 radical (unpaired) electrons. The van der Waals surface area contributed by atoms with Gasteiger partial charge in [-0.25, -0.2) is 0 Å². The molecule has 182 valence electrons. The quantitative estimate of drug-likeness (QED) is 0.267. The zero-order valence-electron chi connectivity index (χ0n) is 21.3. The zero-order chi connectivity index (χ0) is 24.5. The Morgan fingerprint density at radius 2 is 1.64 bits per heavy atom. The molecule has 0 bridgehead atoms. The van der Waals surface area contributed by atoms with Crippen LogP contribution in [-0.2, 0) is 28.8 Å². The van der Waals surface area contributed by atoms with E-state index in [-0.39, 0.29) is 11.0 Å². The first-order valence-corrected chi connectivity index (χ1v) is 14.7. The average Bonchev–Trinajstić information content (AvgIpc) is 2.79. The molecular weight excluding hydrogens is 428 g/mol. The van der Waals surface area contributed by atoms with Crippen LogP contribution in [-0.4, -0.2) is 33.2 Å². The second kappa shape index (κ2) is 12.5. The van der Waals surface area contributed by atoms with Crippen LogP contribution in [0.3, 0.4) is 0 Å². The first-order valence-electron chi connectivity index (χ1n) is 11.8. The van der Waals surface area contributed by atoms with Gasteiger partial charge < -0.3 is 19.0 Å². The average molecular weight is 471 g/mol. The minimum Gasteiger partial charge on any atom is -0.497 e. The molecule has 2 aromatic rings. The predicted molar refractivity (Wildman–Crippen MR) is 139 cm³/mol. The summed E-state index contributed by atoms with van der Waals surface area (Å²) in [6.07, 6.45) is 2.68. The number of rotatable bonds is 13. The standard InChI is InChI=1S/C28H42O4Si/c1-8-27(29)25(20-31-19-22-13-17-26(30-5)18-14-22)16-15-23-11-9-10-12-24(23)21-32-33(6,7)28(2,3)4/h8-14,17-18,25,27,29H,1,15-16,19-21H2,2-7H3. The maximum Gasteiger partial charge on any atom is 0.192 e. The number of hydrogen-bond acceptors (Lipinski definition) is 4. The van der Waals surface area contributed by atoms with Gasteiger partial charge in [-0.15, -0.1) is 6.58 Å². The zero-order valence-corrected chi connectivity index (χ0v) is 22.3.